The Kier molecular flexibility index (Phi) is 8.17. The SMILES string of the molecule is Nc1nc(CCCC2CCN(C(=O)Oc3cccc(Cl)c3)CC2)nc2c1ncn2[C@@H]1O[C@H](C(=O)NC2CC2)[C@@H](O)[C@H]1O. The highest BCUT2D eigenvalue weighted by molar-refractivity contribution is 6.30. The van der Waals surface area contributed by atoms with Gasteiger partial charge in [0.15, 0.2) is 23.8 Å². The van der Waals surface area contributed by atoms with Crippen molar-refractivity contribution in [2.24, 2.45) is 5.92 Å². The van der Waals surface area contributed by atoms with Gasteiger partial charge in [-0.15, -0.1) is 0 Å². The summed E-state index contributed by atoms with van der Waals surface area (Å²) in [5.74, 6) is 1.16. The Labute approximate surface area is 247 Å². The number of ether oxygens (including phenoxy) is 2. The molecular formula is C28H34ClN7O6. The summed E-state index contributed by atoms with van der Waals surface area (Å²) in [6, 6.07) is 6.87. The van der Waals surface area contributed by atoms with Gasteiger partial charge < -0.3 is 35.6 Å². The summed E-state index contributed by atoms with van der Waals surface area (Å²) in [6.07, 6.45) is 1.90. The smallest absolute Gasteiger partial charge is 0.410 e. The number of rotatable bonds is 8. The van der Waals surface area contributed by atoms with E-state index in [1.165, 1.54) is 10.9 Å². The maximum Gasteiger partial charge on any atom is 0.415 e. The molecule has 2 aliphatic heterocycles. The summed E-state index contributed by atoms with van der Waals surface area (Å²) in [6.45, 7) is 1.24. The standard InChI is InChI=1S/C28H34ClN7O6/c29-16-4-2-5-18(13-16)41-28(40)35-11-9-15(10-12-35)3-1-6-19-33-24(30)20-25(34-19)36(14-31-20)27-22(38)21(37)23(42-27)26(39)32-17-7-8-17/h2,4-5,13-15,17,21-23,27,37-38H,1,3,6-12H2,(H,32,39)(H2,30,33,34)/t21-,22+,23-,27+/m0/s1. The number of aromatic nitrogens is 4. The van der Waals surface area contributed by atoms with Gasteiger partial charge in [0, 0.05) is 30.6 Å². The second kappa shape index (κ2) is 12.0. The van der Waals surface area contributed by atoms with Crippen LogP contribution in [0.1, 0.15) is 50.6 Å². The van der Waals surface area contributed by atoms with E-state index < -0.39 is 30.4 Å². The van der Waals surface area contributed by atoms with Crippen LogP contribution in [0.25, 0.3) is 11.2 Å². The summed E-state index contributed by atoms with van der Waals surface area (Å²) in [5, 5.41) is 24.5. The van der Waals surface area contributed by atoms with Gasteiger partial charge in [-0.1, -0.05) is 17.7 Å². The average Bonchev–Trinajstić information content (AvgIpc) is 3.60. The molecule has 1 saturated carbocycles. The molecule has 3 aliphatic rings. The van der Waals surface area contributed by atoms with Crippen molar-refractivity contribution in [3.63, 3.8) is 0 Å². The van der Waals surface area contributed by atoms with Crippen LogP contribution in [0.4, 0.5) is 10.6 Å². The van der Waals surface area contributed by atoms with Gasteiger partial charge >= 0.3 is 6.09 Å². The molecule has 4 heterocycles. The van der Waals surface area contributed by atoms with Gasteiger partial charge in [-0.2, -0.15) is 0 Å². The Morgan fingerprint density at radius 2 is 1.93 bits per heavy atom. The summed E-state index contributed by atoms with van der Waals surface area (Å²) in [7, 11) is 0. The average molecular weight is 600 g/mol. The first-order valence-corrected chi connectivity index (χ1v) is 14.7. The van der Waals surface area contributed by atoms with Crippen LogP contribution in [-0.2, 0) is 16.0 Å². The number of likely N-dealkylation sites (tertiary alicyclic amines) is 1. The van der Waals surface area contributed by atoms with Crippen molar-refractivity contribution in [3.8, 4) is 5.75 Å². The summed E-state index contributed by atoms with van der Waals surface area (Å²) < 4.78 is 12.7. The molecule has 5 N–H and O–H groups in total. The number of nitrogens with one attached hydrogen (secondary N) is 1. The fraction of sp³-hybridized carbons (Fsp3) is 0.536. The number of benzene rings is 1. The van der Waals surface area contributed by atoms with E-state index in [0.717, 1.165) is 38.5 Å². The Hall–Kier alpha value is -3.52. The number of amides is 2. The number of hydrogen-bond acceptors (Lipinski definition) is 10. The maximum absolute atomic E-state index is 12.5. The monoisotopic (exact) mass is 599 g/mol. The van der Waals surface area contributed by atoms with Crippen molar-refractivity contribution in [2.45, 2.75) is 75.5 Å². The molecule has 3 aromatic rings. The van der Waals surface area contributed by atoms with Crippen molar-refractivity contribution in [2.75, 3.05) is 18.8 Å². The molecule has 13 nitrogen and oxygen atoms in total. The fourth-order valence-electron chi connectivity index (χ4n) is 5.55. The molecule has 4 atom stereocenters. The van der Waals surface area contributed by atoms with Crippen LogP contribution in [0.2, 0.25) is 5.02 Å². The minimum Gasteiger partial charge on any atom is -0.410 e. The first-order valence-electron chi connectivity index (χ1n) is 14.3. The van der Waals surface area contributed by atoms with Crippen LogP contribution in [0.5, 0.6) is 5.75 Å². The van der Waals surface area contributed by atoms with Gasteiger partial charge in [0.2, 0.25) is 0 Å². The number of fused-ring (bicyclic) bond motifs is 1. The van der Waals surface area contributed by atoms with Gasteiger partial charge in [-0.05, 0) is 62.6 Å². The van der Waals surface area contributed by atoms with E-state index in [-0.39, 0.29) is 18.0 Å². The molecule has 1 aromatic carbocycles. The lowest BCUT2D eigenvalue weighted by molar-refractivity contribution is -0.137. The van der Waals surface area contributed by atoms with Crippen molar-refractivity contribution in [1.82, 2.24) is 29.7 Å². The highest BCUT2D eigenvalue weighted by atomic mass is 35.5. The zero-order chi connectivity index (χ0) is 29.4. The van der Waals surface area contributed by atoms with E-state index >= 15 is 0 Å². The van der Waals surface area contributed by atoms with Gasteiger partial charge in [0.05, 0.1) is 6.33 Å². The Morgan fingerprint density at radius 3 is 2.67 bits per heavy atom. The quantitative estimate of drug-likeness (QED) is 0.300. The molecule has 2 saturated heterocycles. The Balaban J connectivity index is 1.03. The maximum atomic E-state index is 12.5. The Bertz CT molecular complexity index is 1460. The third kappa shape index (κ3) is 6.14. The number of halogens is 1. The van der Waals surface area contributed by atoms with E-state index in [4.69, 9.17) is 26.8 Å². The topological polar surface area (TPSA) is 178 Å². The molecule has 0 radical (unpaired) electrons. The van der Waals surface area contributed by atoms with Crippen molar-refractivity contribution < 1.29 is 29.3 Å². The molecule has 1 aliphatic carbocycles. The fourth-order valence-corrected chi connectivity index (χ4v) is 5.73. The van der Waals surface area contributed by atoms with Crippen LogP contribution < -0.4 is 15.8 Å². The lowest BCUT2D eigenvalue weighted by Gasteiger charge is -2.31. The van der Waals surface area contributed by atoms with Gasteiger partial charge in [0.1, 0.15) is 29.3 Å². The second-order valence-corrected chi connectivity index (χ2v) is 11.6. The lowest BCUT2D eigenvalue weighted by Crippen LogP contribution is -2.43. The van der Waals surface area contributed by atoms with Crippen molar-refractivity contribution >= 4 is 40.6 Å². The number of anilines is 1. The molecule has 2 aromatic heterocycles. The van der Waals surface area contributed by atoms with Crippen LogP contribution in [-0.4, -0.2) is 84.1 Å². The first kappa shape index (κ1) is 28.6. The van der Waals surface area contributed by atoms with Crippen LogP contribution >= 0.6 is 11.6 Å². The highest BCUT2D eigenvalue weighted by Crippen LogP contribution is 2.33. The Morgan fingerprint density at radius 1 is 1.14 bits per heavy atom. The molecule has 0 bridgehead atoms. The van der Waals surface area contributed by atoms with E-state index in [1.54, 1.807) is 29.2 Å². The third-order valence-electron chi connectivity index (χ3n) is 8.08. The number of nitrogens with zero attached hydrogens (tertiary/aromatic N) is 5. The molecular weight excluding hydrogens is 566 g/mol. The summed E-state index contributed by atoms with van der Waals surface area (Å²) in [5.41, 5.74) is 6.91. The first-order chi connectivity index (χ1) is 20.3. The van der Waals surface area contributed by atoms with Crippen molar-refractivity contribution in [1.29, 1.82) is 0 Å². The van der Waals surface area contributed by atoms with E-state index in [2.05, 4.69) is 20.3 Å². The van der Waals surface area contributed by atoms with E-state index in [1.807, 2.05) is 0 Å². The zero-order valence-corrected chi connectivity index (χ0v) is 23.7. The predicted octanol–water partition coefficient (Wildman–Crippen LogP) is 2.19. The number of carbonyl (C=O) groups excluding carboxylic acids is 2. The summed E-state index contributed by atoms with van der Waals surface area (Å²) in [4.78, 5) is 40.1. The van der Waals surface area contributed by atoms with Gasteiger partial charge in [-0.25, -0.2) is 19.7 Å². The highest BCUT2D eigenvalue weighted by Gasteiger charge is 2.48. The number of imidazole rings is 1. The second-order valence-electron chi connectivity index (χ2n) is 11.2. The van der Waals surface area contributed by atoms with E-state index in [0.29, 0.717) is 53.2 Å². The molecule has 42 heavy (non-hydrogen) atoms. The largest absolute Gasteiger partial charge is 0.415 e. The minimum absolute atomic E-state index is 0.0948. The van der Waals surface area contributed by atoms with Crippen LogP contribution in [0, 0.1) is 5.92 Å². The minimum atomic E-state index is -1.39. The molecule has 224 valence electrons. The number of carbonyl (C=O) groups is 2. The predicted molar refractivity (Wildman–Crippen MR) is 152 cm³/mol. The molecule has 0 unspecified atom stereocenters. The number of aryl methyl sites for hydroxylation is 1. The molecule has 14 heteroatoms. The van der Waals surface area contributed by atoms with Crippen molar-refractivity contribution in [3.05, 3.63) is 41.4 Å². The number of nitrogens with two attached hydrogens (primary N) is 1. The summed E-state index contributed by atoms with van der Waals surface area (Å²) >= 11 is 5.97. The van der Waals surface area contributed by atoms with Gasteiger partial charge in [0.25, 0.3) is 5.91 Å². The number of nitrogen functional groups attached to an aromatic ring is 1. The normalized spacial score (nSPS) is 24.7. The van der Waals surface area contributed by atoms with E-state index in [9.17, 15) is 19.8 Å². The third-order valence-corrected chi connectivity index (χ3v) is 8.31. The zero-order valence-electron chi connectivity index (χ0n) is 22.9. The number of piperidine rings is 1. The van der Waals surface area contributed by atoms with Crippen LogP contribution in [0.15, 0.2) is 30.6 Å². The van der Waals surface area contributed by atoms with Gasteiger partial charge in [-0.3, -0.25) is 9.36 Å². The van der Waals surface area contributed by atoms with Crippen LogP contribution in [0.3, 0.4) is 0 Å². The lowest BCUT2D eigenvalue weighted by atomic mass is 9.91. The molecule has 2 amide bonds. The molecule has 3 fully saturated rings. The molecule has 6 rings (SSSR count). The number of aliphatic hydroxyl groups excluding tert-OH is 2. The number of hydrogen-bond donors (Lipinski definition) is 4. The molecule has 0 spiro atoms. The number of aliphatic hydroxyl groups is 2.